The van der Waals surface area contributed by atoms with E-state index >= 15 is 0 Å². The summed E-state index contributed by atoms with van der Waals surface area (Å²) in [4.78, 5) is 12.4. The van der Waals surface area contributed by atoms with Gasteiger partial charge in [0, 0.05) is 12.6 Å². The quantitative estimate of drug-likeness (QED) is 0.642. The van der Waals surface area contributed by atoms with Crippen LogP contribution in [0, 0.1) is 5.92 Å². The van der Waals surface area contributed by atoms with Crippen LogP contribution in [0.5, 0.6) is 0 Å². The Bertz CT molecular complexity index is 850. The van der Waals surface area contributed by atoms with E-state index in [0.29, 0.717) is 5.92 Å². The van der Waals surface area contributed by atoms with Crippen molar-refractivity contribution >= 4 is 34.0 Å². The first-order chi connectivity index (χ1) is 13.8. The molecule has 1 aromatic heterocycles. The van der Waals surface area contributed by atoms with Crippen molar-refractivity contribution in [3.63, 3.8) is 0 Å². The molecule has 0 bridgehead atoms. The van der Waals surface area contributed by atoms with Gasteiger partial charge < -0.3 is 10.6 Å². The molecule has 0 radical (unpaired) electrons. The summed E-state index contributed by atoms with van der Waals surface area (Å²) in [5, 5.41) is 16.1. The number of alkyl halides is 3. The lowest BCUT2D eigenvalue weighted by Crippen LogP contribution is -2.38. The highest BCUT2D eigenvalue weighted by molar-refractivity contribution is 7.15. The van der Waals surface area contributed by atoms with Gasteiger partial charge in [0.1, 0.15) is 5.01 Å². The summed E-state index contributed by atoms with van der Waals surface area (Å²) in [5.41, 5.74) is -1.03. The summed E-state index contributed by atoms with van der Waals surface area (Å²) in [6.07, 6.45) is -0.299. The number of amides is 1. The number of carbonyl (C=O) groups is 1. The maximum absolute atomic E-state index is 12.9. The second-order valence-electron chi connectivity index (χ2n) is 7.12. The Hall–Kier alpha value is -1.87. The molecule has 1 aliphatic carbocycles. The summed E-state index contributed by atoms with van der Waals surface area (Å²) >= 11 is 7.50. The largest absolute Gasteiger partial charge is 0.416 e. The van der Waals surface area contributed by atoms with Crippen LogP contribution in [0.4, 0.5) is 18.3 Å². The fourth-order valence-electron chi connectivity index (χ4n) is 3.35. The molecular weight excluding hydrogens is 425 g/mol. The number of benzene rings is 1. The van der Waals surface area contributed by atoms with Crippen LogP contribution in [0.15, 0.2) is 18.2 Å². The van der Waals surface area contributed by atoms with E-state index < -0.39 is 17.6 Å². The van der Waals surface area contributed by atoms with Gasteiger partial charge in [0.05, 0.1) is 16.1 Å². The van der Waals surface area contributed by atoms with Gasteiger partial charge in [0.15, 0.2) is 0 Å². The van der Waals surface area contributed by atoms with E-state index in [-0.39, 0.29) is 16.6 Å². The van der Waals surface area contributed by atoms with Crippen molar-refractivity contribution in [1.29, 1.82) is 0 Å². The van der Waals surface area contributed by atoms with Crippen LogP contribution < -0.4 is 10.6 Å². The minimum Gasteiger partial charge on any atom is -0.360 e. The Kier molecular flexibility index (Phi) is 7.00. The molecule has 158 valence electrons. The van der Waals surface area contributed by atoms with Gasteiger partial charge in [-0.2, -0.15) is 13.2 Å². The Morgan fingerprint density at radius 2 is 1.97 bits per heavy atom. The minimum atomic E-state index is -4.52. The molecule has 3 rings (SSSR count). The number of hydrogen-bond donors (Lipinski definition) is 2. The Morgan fingerprint density at radius 3 is 2.59 bits per heavy atom. The van der Waals surface area contributed by atoms with Crippen LogP contribution in [0.3, 0.4) is 0 Å². The fourth-order valence-corrected chi connectivity index (χ4v) is 4.24. The van der Waals surface area contributed by atoms with Crippen molar-refractivity contribution in [3.05, 3.63) is 39.4 Å². The third-order valence-electron chi connectivity index (χ3n) is 5.03. The molecule has 1 aromatic carbocycles. The molecule has 2 aromatic rings. The van der Waals surface area contributed by atoms with Gasteiger partial charge in [-0.15, -0.1) is 10.2 Å². The SMILES string of the molecule is CCc1nnc(NCC2CCC(NC(=O)c3cc(C(F)(F)F)ccc3Cl)CC2)s1. The molecule has 0 unspecified atom stereocenters. The second kappa shape index (κ2) is 9.30. The number of nitrogens with zero attached hydrogens (tertiary/aromatic N) is 2. The average Bonchev–Trinajstić information content (AvgIpc) is 3.15. The number of aryl methyl sites for hydroxylation is 1. The van der Waals surface area contributed by atoms with E-state index in [1.807, 2.05) is 6.92 Å². The second-order valence-corrected chi connectivity index (χ2v) is 8.59. The lowest BCUT2D eigenvalue weighted by atomic mass is 9.86. The minimum absolute atomic E-state index is 0.0110. The van der Waals surface area contributed by atoms with Gasteiger partial charge >= 0.3 is 6.18 Å². The highest BCUT2D eigenvalue weighted by atomic mass is 35.5. The van der Waals surface area contributed by atoms with Crippen molar-refractivity contribution in [2.24, 2.45) is 5.92 Å². The number of aromatic nitrogens is 2. The van der Waals surface area contributed by atoms with Gasteiger partial charge in [-0.05, 0) is 56.2 Å². The molecule has 1 heterocycles. The molecule has 1 aliphatic rings. The monoisotopic (exact) mass is 446 g/mol. The first-order valence-corrected chi connectivity index (χ1v) is 10.7. The van der Waals surface area contributed by atoms with Crippen LogP contribution in [0.2, 0.25) is 5.02 Å². The van der Waals surface area contributed by atoms with E-state index in [0.717, 1.165) is 67.0 Å². The first kappa shape index (κ1) is 21.8. The van der Waals surface area contributed by atoms with Crippen LogP contribution >= 0.6 is 22.9 Å². The van der Waals surface area contributed by atoms with Gasteiger partial charge in [-0.3, -0.25) is 4.79 Å². The number of nitrogens with one attached hydrogen (secondary N) is 2. The van der Waals surface area contributed by atoms with Gasteiger partial charge in [0.25, 0.3) is 5.91 Å². The van der Waals surface area contributed by atoms with E-state index in [1.165, 1.54) is 0 Å². The predicted molar refractivity (Wildman–Crippen MR) is 107 cm³/mol. The summed E-state index contributed by atoms with van der Waals surface area (Å²) in [6, 6.07) is 2.72. The third kappa shape index (κ3) is 5.82. The summed E-state index contributed by atoms with van der Waals surface area (Å²) in [5.74, 6) is -0.113. The van der Waals surface area contributed by atoms with Crippen molar-refractivity contribution in [3.8, 4) is 0 Å². The Balaban J connectivity index is 1.49. The van der Waals surface area contributed by atoms with Gasteiger partial charge in [-0.1, -0.05) is 29.9 Å². The van der Waals surface area contributed by atoms with Crippen LogP contribution in [-0.2, 0) is 12.6 Å². The zero-order chi connectivity index (χ0) is 21.0. The molecule has 1 saturated carbocycles. The Morgan fingerprint density at radius 1 is 1.24 bits per heavy atom. The molecule has 1 amide bonds. The van der Waals surface area contributed by atoms with E-state index in [1.54, 1.807) is 11.3 Å². The smallest absolute Gasteiger partial charge is 0.360 e. The first-order valence-electron chi connectivity index (χ1n) is 9.50. The maximum atomic E-state index is 12.9. The maximum Gasteiger partial charge on any atom is 0.416 e. The zero-order valence-corrected chi connectivity index (χ0v) is 17.4. The van der Waals surface area contributed by atoms with Crippen molar-refractivity contribution in [1.82, 2.24) is 15.5 Å². The highest BCUT2D eigenvalue weighted by Crippen LogP contribution is 2.32. The summed E-state index contributed by atoms with van der Waals surface area (Å²) in [7, 11) is 0. The van der Waals surface area contributed by atoms with E-state index in [2.05, 4.69) is 20.8 Å². The molecule has 0 atom stereocenters. The molecular formula is C19H22ClF3N4OS. The lowest BCUT2D eigenvalue weighted by Gasteiger charge is -2.29. The van der Waals surface area contributed by atoms with Gasteiger partial charge in [-0.25, -0.2) is 0 Å². The Labute approximate surface area is 176 Å². The number of rotatable bonds is 6. The predicted octanol–water partition coefficient (Wildman–Crippen LogP) is 5.17. The topological polar surface area (TPSA) is 66.9 Å². The molecule has 0 aliphatic heterocycles. The van der Waals surface area contributed by atoms with Crippen LogP contribution in [0.1, 0.15) is 53.5 Å². The molecule has 0 saturated heterocycles. The fraction of sp³-hybridized carbons (Fsp3) is 0.526. The van der Waals surface area contributed by atoms with E-state index in [9.17, 15) is 18.0 Å². The molecule has 5 nitrogen and oxygen atoms in total. The lowest BCUT2D eigenvalue weighted by molar-refractivity contribution is -0.137. The zero-order valence-electron chi connectivity index (χ0n) is 15.9. The molecule has 0 spiro atoms. The number of halogens is 4. The van der Waals surface area contributed by atoms with Crippen LogP contribution in [-0.4, -0.2) is 28.7 Å². The molecule has 2 N–H and O–H groups in total. The third-order valence-corrected chi connectivity index (χ3v) is 6.39. The van der Waals surface area contributed by atoms with Crippen molar-refractivity contribution in [2.75, 3.05) is 11.9 Å². The van der Waals surface area contributed by atoms with Crippen molar-refractivity contribution < 1.29 is 18.0 Å². The molecule has 29 heavy (non-hydrogen) atoms. The highest BCUT2D eigenvalue weighted by Gasteiger charge is 2.32. The van der Waals surface area contributed by atoms with E-state index in [4.69, 9.17) is 11.6 Å². The number of hydrogen-bond acceptors (Lipinski definition) is 5. The number of anilines is 1. The van der Waals surface area contributed by atoms with Crippen molar-refractivity contribution in [2.45, 2.75) is 51.2 Å². The molecule has 1 fully saturated rings. The normalized spacial score (nSPS) is 19.8. The number of carbonyl (C=O) groups excluding carboxylic acids is 1. The summed E-state index contributed by atoms with van der Waals surface area (Å²) < 4.78 is 38.7. The molecule has 10 heteroatoms. The standard InChI is InChI=1S/C19H22ClF3N4OS/c1-2-16-26-27-18(29-16)24-10-11-3-6-13(7-4-11)25-17(28)14-9-12(19(21,22)23)5-8-15(14)20/h5,8-9,11,13H,2-4,6-7,10H2,1H3,(H,24,27)(H,25,28). The average molecular weight is 447 g/mol. The van der Waals surface area contributed by atoms with Gasteiger partial charge in [0.2, 0.25) is 5.13 Å². The summed E-state index contributed by atoms with van der Waals surface area (Å²) in [6.45, 7) is 2.82. The van der Waals surface area contributed by atoms with Crippen LogP contribution in [0.25, 0.3) is 0 Å².